The van der Waals surface area contributed by atoms with Crippen LogP contribution in [0, 0.1) is 0 Å². The van der Waals surface area contributed by atoms with E-state index in [1.165, 1.54) is 65.0 Å². The third kappa shape index (κ3) is 5.55. The van der Waals surface area contributed by atoms with Gasteiger partial charge in [-0.2, -0.15) is 0 Å². The normalized spacial score (nSPS) is 12.1. The minimum absolute atomic E-state index is 0.864. The van der Waals surface area contributed by atoms with Crippen LogP contribution in [0.3, 0.4) is 0 Å². The van der Waals surface area contributed by atoms with Crippen molar-refractivity contribution in [2.75, 3.05) is 9.80 Å². The smallest absolute Gasteiger partial charge is 0.159 e. The highest BCUT2D eigenvalue weighted by atomic mass is 16.3. The lowest BCUT2D eigenvalue weighted by molar-refractivity contribution is 0.669. The Kier molecular flexibility index (Phi) is 8.50. The van der Waals surface area contributed by atoms with E-state index in [9.17, 15) is 0 Å². The van der Waals surface area contributed by atoms with Crippen molar-refractivity contribution in [1.82, 2.24) is 0 Å². The first kappa shape index (κ1) is 38.6. The van der Waals surface area contributed by atoms with Crippen molar-refractivity contribution in [3.63, 3.8) is 0 Å². The van der Waals surface area contributed by atoms with Gasteiger partial charge in [-0.15, -0.1) is 0 Å². The molecule has 0 spiro atoms. The average Bonchev–Trinajstić information content (AvgIpc) is 3.98. The van der Waals surface area contributed by atoms with E-state index in [0.29, 0.717) is 0 Å². The van der Waals surface area contributed by atoms with E-state index in [-0.39, 0.29) is 0 Å². The fourth-order valence-electron chi connectivity index (χ4n) is 11.5. The topological polar surface area (TPSA) is 32.8 Å². The van der Waals surface area contributed by atoms with Crippen LogP contribution in [-0.4, -0.2) is 0 Å². The van der Waals surface area contributed by atoms with Crippen LogP contribution in [0.4, 0.5) is 34.1 Å². The zero-order chi connectivity index (χ0) is 45.0. The minimum atomic E-state index is 0.864. The predicted molar refractivity (Wildman–Crippen MR) is 288 cm³/mol. The first-order chi connectivity index (χ1) is 33.7. The molecule has 0 aliphatic rings. The van der Waals surface area contributed by atoms with Gasteiger partial charge in [0.1, 0.15) is 11.2 Å². The van der Waals surface area contributed by atoms with Crippen LogP contribution in [0.2, 0.25) is 0 Å². The first-order valence-corrected chi connectivity index (χ1v) is 23.8. The van der Waals surface area contributed by atoms with Crippen LogP contribution < -0.4 is 9.80 Å². The average molecular weight is 873 g/mol. The van der Waals surface area contributed by atoms with Crippen molar-refractivity contribution in [3.8, 4) is 0 Å². The lowest BCUT2D eigenvalue weighted by atomic mass is 9.86. The van der Waals surface area contributed by atoms with E-state index in [1.54, 1.807) is 0 Å². The Morgan fingerprint density at radius 3 is 1.10 bits per heavy atom. The fourth-order valence-corrected chi connectivity index (χ4v) is 11.5. The SMILES string of the molecule is CCc1cc(N(c2cccc3ccccc23)c2cccc3c2oc2ccccc23)c2ccc3c(CC)cc(N(c4cccc5ccccc45)c4cccc5c4oc4ccccc45)c4ccc1c2c34. The summed E-state index contributed by atoms with van der Waals surface area (Å²) in [5.74, 6) is 0. The summed E-state index contributed by atoms with van der Waals surface area (Å²) in [6.07, 6.45) is 1.73. The highest BCUT2D eigenvalue weighted by Crippen LogP contribution is 2.53. The summed E-state index contributed by atoms with van der Waals surface area (Å²) in [4.78, 5) is 4.95. The van der Waals surface area contributed by atoms with Gasteiger partial charge in [0.05, 0.1) is 34.1 Å². The zero-order valence-electron chi connectivity index (χ0n) is 37.8. The lowest BCUT2D eigenvalue weighted by Gasteiger charge is -2.31. The predicted octanol–water partition coefficient (Wildman–Crippen LogP) is 18.8. The Balaban J connectivity index is 1.12. The second-order valence-corrected chi connectivity index (χ2v) is 18.1. The van der Waals surface area contributed by atoms with Crippen molar-refractivity contribution in [1.29, 1.82) is 0 Å². The van der Waals surface area contributed by atoms with Gasteiger partial charge in [-0.1, -0.05) is 172 Å². The fraction of sp³-hybridized carbons (Fsp3) is 0.0625. The van der Waals surface area contributed by atoms with Gasteiger partial charge >= 0.3 is 0 Å². The summed E-state index contributed by atoms with van der Waals surface area (Å²) >= 11 is 0. The van der Waals surface area contributed by atoms with Gasteiger partial charge < -0.3 is 18.6 Å². The summed E-state index contributed by atoms with van der Waals surface area (Å²) in [7, 11) is 0. The number of aryl methyl sites for hydroxylation is 2. The molecule has 4 nitrogen and oxygen atoms in total. The summed E-state index contributed by atoms with van der Waals surface area (Å²) in [5, 5.41) is 16.6. The minimum Gasteiger partial charge on any atom is -0.454 e. The van der Waals surface area contributed by atoms with E-state index in [4.69, 9.17) is 8.83 Å². The van der Waals surface area contributed by atoms with Crippen LogP contribution in [0.15, 0.2) is 215 Å². The maximum atomic E-state index is 6.88. The van der Waals surface area contributed by atoms with Gasteiger partial charge in [-0.25, -0.2) is 0 Å². The van der Waals surface area contributed by atoms with Gasteiger partial charge in [0, 0.05) is 43.1 Å². The molecule has 2 heterocycles. The monoisotopic (exact) mass is 872 g/mol. The number of anilines is 6. The molecular formula is C64H44N2O2. The van der Waals surface area contributed by atoms with Crippen molar-refractivity contribution >= 4 is 132 Å². The number of rotatable bonds is 8. The van der Waals surface area contributed by atoms with E-state index >= 15 is 0 Å². The Bertz CT molecular complexity index is 4040. The largest absolute Gasteiger partial charge is 0.454 e. The van der Waals surface area contributed by atoms with Crippen molar-refractivity contribution in [3.05, 3.63) is 217 Å². The summed E-state index contributed by atoms with van der Waals surface area (Å²) in [5.41, 5.74) is 12.5. The molecule has 0 saturated carbocycles. The molecule has 0 atom stereocenters. The van der Waals surface area contributed by atoms with Gasteiger partial charge in [-0.3, -0.25) is 0 Å². The molecule has 14 rings (SSSR count). The van der Waals surface area contributed by atoms with E-state index < -0.39 is 0 Å². The molecule has 68 heavy (non-hydrogen) atoms. The van der Waals surface area contributed by atoms with Crippen molar-refractivity contribution < 1.29 is 8.83 Å². The number of benzene rings is 12. The standard InChI is InChI=1S/C64H44N2O2/c1-3-39-37-57(65(53-27-13-19-41-17-5-7-21-43(41)53)55-29-15-25-49-47-23-9-11-31-59(47)67-63(49)55)51-36-34-46-40(4-2)38-58(52-35-33-45(39)61(51)62(46)52)66(54-28-14-20-42-18-6-8-22-44(42)54)56-30-16-26-50-48-24-10-12-32-60(48)68-64(50)56/h5-38H,3-4H2,1-2H3. The molecule has 2 aromatic heterocycles. The molecule has 4 heteroatoms. The second-order valence-electron chi connectivity index (χ2n) is 18.1. The third-order valence-corrected chi connectivity index (χ3v) is 14.5. The molecule has 0 bridgehead atoms. The Morgan fingerprint density at radius 2 is 0.647 bits per heavy atom. The Hall–Kier alpha value is -8.60. The lowest BCUT2D eigenvalue weighted by Crippen LogP contribution is -2.13. The molecule has 0 amide bonds. The molecule has 14 aromatic rings. The van der Waals surface area contributed by atoms with E-state index in [0.717, 1.165) is 90.8 Å². The van der Waals surface area contributed by atoms with Gasteiger partial charge in [-0.05, 0) is 105 Å². The van der Waals surface area contributed by atoms with Crippen molar-refractivity contribution in [2.45, 2.75) is 26.7 Å². The summed E-state index contributed by atoms with van der Waals surface area (Å²) in [6.45, 7) is 4.58. The van der Waals surface area contributed by atoms with Crippen LogP contribution in [0.1, 0.15) is 25.0 Å². The zero-order valence-corrected chi connectivity index (χ0v) is 37.8. The summed E-state index contributed by atoms with van der Waals surface area (Å²) < 4.78 is 13.8. The highest BCUT2D eigenvalue weighted by Gasteiger charge is 2.28. The number of furan rings is 2. The number of hydrogen-bond donors (Lipinski definition) is 0. The van der Waals surface area contributed by atoms with E-state index in [1.807, 2.05) is 0 Å². The number of hydrogen-bond acceptors (Lipinski definition) is 4. The number of nitrogens with zero attached hydrogens (tertiary/aromatic N) is 2. The maximum Gasteiger partial charge on any atom is 0.159 e. The maximum absolute atomic E-state index is 6.88. The number of para-hydroxylation sites is 4. The molecule has 0 saturated heterocycles. The molecule has 0 N–H and O–H groups in total. The molecule has 12 aromatic carbocycles. The first-order valence-electron chi connectivity index (χ1n) is 23.8. The molecular weight excluding hydrogens is 829 g/mol. The van der Waals surface area contributed by atoms with Crippen LogP contribution in [0.25, 0.3) is 97.7 Å². The quantitative estimate of drug-likeness (QED) is 0.142. The Labute approximate surface area is 392 Å². The third-order valence-electron chi connectivity index (χ3n) is 14.5. The molecule has 0 unspecified atom stereocenters. The second kappa shape index (κ2) is 15.0. The molecule has 0 radical (unpaired) electrons. The van der Waals surface area contributed by atoms with E-state index in [2.05, 4.69) is 230 Å². The number of fused-ring (bicyclic) bond motifs is 8. The Morgan fingerprint density at radius 1 is 0.294 bits per heavy atom. The molecule has 0 fully saturated rings. The van der Waals surface area contributed by atoms with Crippen molar-refractivity contribution in [2.24, 2.45) is 0 Å². The van der Waals surface area contributed by atoms with Crippen LogP contribution in [-0.2, 0) is 12.8 Å². The van der Waals surface area contributed by atoms with Gasteiger partial charge in [0.15, 0.2) is 11.2 Å². The molecule has 322 valence electrons. The van der Waals surface area contributed by atoms with Crippen LogP contribution in [0.5, 0.6) is 0 Å². The highest BCUT2D eigenvalue weighted by molar-refractivity contribution is 6.30. The summed E-state index contributed by atoms with van der Waals surface area (Å²) in [6, 6.07) is 75.2. The molecule has 0 aliphatic carbocycles. The van der Waals surface area contributed by atoms with Crippen LogP contribution >= 0.6 is 0 Å². The molecule has 0 aliphatic heterocycles. The van der Waals surface area contributed by atoms with Gasteiger partial charge in [0.25, 0.3) is 0 Å². The van der Waals surface area contributed by atoms with Gasteiger partial charge in [0.2, 0.25) is 0 Å².